The maximum Gasteiger partial charge on any atom is 0.586 e. The predicted molar refractivity (Wildman–Crippen MR) is 105 cm³/mol. The van der Waals surface area contributed by atoms with Crippen molar-refractivity contribution in [2.24, 2.45) is 0 Å². The largest absolute Gasteiger partial charge is 0.586 e. The highest BCUT2D eigenvalue weighted by Crippen LogP contribution is 2.42. The zero-order valence-electron chi connectivity index (χ0n) is 15.7. The lowest BCUT2D eigenvalue weighted by Gasteiger charge is -2.23. The number of carbonyl (C=O) groups excluding carboxylic acids is 3. The van der Waals surface area contributed by atoms with Gasteiger partial charge in [0, 0.05) is 27.4 Å². The average Bonchev–Trinajstić information content (AvgIpc) is 3.08. The number of rotatable bonds is 4. The molecule has 2 heterocycles. The number of benzene rings is 2. The molecule has 0 aromatic heterocycles. The molecule has 0 saturated carbocycles. The van der Waals surface area contributed by atoms with E-state index in [1.54, 1.807) is 0 Å². The van der Waals surface area contributed by atoms with Crippen molar-refractivity contribution in [3.63, 3.8) is 0 Å². The van der Waals surface area contributed by atoms with Gasteiger partial charge in [0.2, 0.25) is 5.91 Å². The third-order valence-corrected chi connectivity index (χ3v) is 5.28. The molecule has 162 valence electrons. The van der Waals surface area contributed by atoms with Crippen molar-refractivity contribution >= 4 is 46.7 Å². The molecule has 1 fully saturated rings. The molecule has 2 aromatic rings. The number of urea groups is 1. The highest BCUT2D eigenvalue weighted by Gasteiger charge is 2.50. The lowest BCUT2D eigenvalue weighted by molar-refractivity contribution is -0.286. The summed E-state index contributed by atoms with van der Waals surface area (Å²) in [7, 11) is 0. The molecule has 2 aromatic carbocycles. The summed E-state index contributed by atoms with van der Waals surface area (Å²) < 4.78 is 34.8. The highest BCUT2D eigenvalue weighted by molar-refractivity contribution is 6.35. The first kappa shape index (κ1) is 21.1. The fraction of sp³-hybridized carbons (Fsp3) is 0.211. The van der Waals surface area contributed by atoms with E-state index in [0.29, 0.717) is 10.6 Å². The Bertz CT molecular complexity index is 1130. The van der Waals surface area contributed by atoms with Gasteiger partial charge in [0.05, 0.1) is 0 Å². The van der Waals surface area contributed by atoms with E-state index in [2.05, 4.69) is 20.1 Å². The zero-order chi connectivity index (χ0) is 22.6. The minimum absolute atomic E-state index is 0.112. The summed E-state index contributed by atoms with van der Waals surface area (Å²) >= 11 is 12.1. The van der Waals surface area contributed by atoms with E-state index >= 15 is 0 Å². The van der Waals surface area contributed by atoms with Gasteiger partial charge in [0.15, 0.2) is 11.5 Å². The minimum Gasteiger partial charge on any atom is -0.395 e. The zero-order valence-corrected chi connectivity index (χ0v) is 17.2. The van der Waals surface area contributed by atoms with Gasteiger partial charge in [-0.05, 0) is 31.2 Å². The van der Waals surface area contributed by atoms with Crippen molar-refractivity contribution in [3.05, 3.63) is 52.0 Å². The van der Waals surface area contributed by atoms with Crippen LogP contribution in [-0.4, -0.2) is 35.6 Å². The molecular weight excluding hydrogens is 459 g/mol. The van der Waals surface area contributed by atoms with Crippen LogP contribution in [0.25, 0.3) is 0 Å². The topological polar surface area (TPSA) is 97.0 Å². The van der Waals surface area contributed by atoms with Crippen LogP contribution in [0.5, 0.6) is 11.5 Å². The average molecular weight is 472 g/mol. The standard InChI is InChI=1S/C19H13Cl2F2N3O5/c1-18(11-4-2-9(20)6-12(11)21)16(28)26(17(29)25-18)8-15(27)24-10-3-5-13-14(7-10)31-19(22,23)30-13/h2-7H,8H2,1H3,(H,24,27)(H,25,29)/t18-/m0/s1. The molecule has 0 unspecified atom stereocenters. The predicted octanol–water partition coefficient (Wildman–Crippen LogP) is 3.72. The van der Waals surface area contributed by atoms with Gasteiger partial charge in [-0.1, -0.05) is 29.3 Å². The number of alkyl halides is 2. The van der Waals surface area contributed by atoms with Crippen LogP contribution in [0.2, 0.25) is 10.0 Å². The Morgan fingerprint density at radius 2 is 1.84 bits per heavy atom. The Balaban J connectivity index is 1.48. The number of hydrogen-bond donors (Lipinski definition) is 2. The third-order valence-electron chi connectivity index (χ3n) is 4.73. The fourth-order valence-corrected chi connectivity index (χ4v) is 3.89. The molecule has 2 aliphatic heterocycles. The van der Waals surface area contributed by atoms with Gasteiger partial charge < -0.3 is 20.1 Å². The molecule has 0 spiro atoms. The molecule has 4 amide bonds. The number of halogens is 4. The number of nitrogens with one attached hydrogen (secondary N) is 2. The van der Waals surface area contributed by atoms with E-state index in [4.69, 9.17) is 23.2 Å². The van der Waals surface area contributed by atoms with Crippen LogP contribution in [0.15, 0.2) is 36.4 Å². The molecule has 8 nitrogen and oxygen atoms in total. The van der Waals surface area contributed by atoms with Crippen molar-refractivity contribution in [1.82, 2.24) is 10.2 Å². The highest BCUT2D eigenvalue weighted by atomic mass is 35.5. The Kier molecular flexibility index (Phi) is 4.94. The monoisotopic (exact) mass is 471 g/mol. The molecule has 0 aliphatic carbocycles. The van der Waals surface area contributed by atoms with Crippen molar-refractivity contribution in [1.29, 1.82) is 0 Å². The normalized spacial score (nSPS) is 21.3. The van der Waals surface area contributed by atoms with Crippen LogP contribution in [0.1, 0.15) is 12.5 Å². The number of ether oxygens (including phenoxy) is 2. The second kappa shape index (κ2) is 7.24. The number of anilines is 1. The molecule has 12 heteroatoms. The first-order valence-electron chi connectivity index (χ1n) is 8.78. The molecule has 1 atom stereocenters. The first-order valence-corrected chi connectivity index (χ1v) is 9.53. The number of fused-ring (bicyclic) bond motifs is 1. The van der Waals surface area contributed by atoms with Crippen molar-refractivity contribution in [3.8, 4) is 11.5 Å². The fourth-order valence-electron chi connectivity index (χ4n) is 3.29. The quantitative estimate of drug-likeness (QED) is 0.662. The van der Waals surface area contributed by atoms with E-state index in [1.807, 2.05) is 0 Å². The minimum atomic E-state index is -3.79. The summed E-state index contributed by atoms with van der Waals surface area (Å²) in [6.07, 6.45) is -3.79. The lowest BCUT2D eigenvalue weighted by Crippen LogP contribution is -2.42. The number of nitrogens with zero attached hydrogens (tertiary/aromatic N) is 1. The van der Waals surface area contributed by atoms with Gasteiger partial charge in [0.1, 0.15) is 12.1 Å². The van der Waals surface area contributed by atoms with E-state index in [1.165, 1.54) is 37.3 Å². The van der Waals surface area contributed by atoms with E-state index in [0.717, 1.165) is 11.0 Å². The molecule has 1 saturated heterocycles. The van der Waals surface area contributed by atoms with Crippen LogP contribution in [0.4, 0.5) is 19.3 Å². The second-order valence-electron chi connectivity index (χ2n) is 6.95. The molecule has 2 aliphatic rings. The Morgan fingerprint density at radius 3 is 2.55 bits per heavy atom. The van der Waals surface area contributed by atoms with E-state index in [9.17, 15) is 23.2 Å². The van der Waals surface area contributed by atoms with Gasteiger partial charge in [-0.25, -0.2) is 4.79 Å². The SMILES string of the molecule is C[C@@]1(c2ccc(Cl)cc2Cl)NC(=O)N(CC(=O)Nc2ccc3c(c2)OC(F)(F)O3)C1=O. The summed E-state index contributed by atoms with van der Waals surface area (Å²) in [5.41, 5.74) is -1.07. The number of carbonyl (C=O) groups is 3. The van der Waals surface area contributed by atoms with Gasteiger partial charge in [-0.15, -0.1) is 8.78 Å². The first-order chi connectivity index (χ1) is 14.5. The molecule has 0 radical (unpaired) electrons. The number of hydrogen-bond acceptors (Lipinski definition) is 5. The van der Waals surface area contributed by atoms with Crippen molar-refractivity contribution in [2.75, 3.05) is 11.9 Å². The number of imide groups is 1. The molecule has 0 bridgehead atoms. The van der Waals surface area contributed by atoms with E-state index in [-0.39, 0.29) is 22.2 Å². The summed E-state index contributed by atoms with van der Waals surface area (Å²) in [6.45, 7) is 0.842. The summed E-state index contributed by atoms with van der Waals surface area (Å²) in [4.78, 5) is 38.4. The van der Waals surface area contributed by atoms with Gasteiger partial charge in [-0.2, -0.15) is 0 Å². The summed E-state index contributed by atoms with van der Waals surface area (Å²) in [5, 5.41) is 5.47. The van der Waals surface area contributed by atoms with Crippen LogP contribution >= 0.6 is 23.2 Å². The second-order valence-corrected chi connectivity index (χ2v) is 7.79. The molecular formula is C19H13Cl2F2N3O5. The Hall–Kier alpha value is -3.11. The van der Waals surface area contributed by atoms with Crippen LogP contribution in [0.3, 0.4) is 0 Å². The van der Waals surface area contributed by atoms with E-state index < -0.39 is 36.2 Å². The van der Waals surface area contributed by atoms with Gasteiger partial charge in [-0.3, -0.25) is 14.5 Å². The van der Waals surface area contributed by atoms with Crippen LogP contribution in [0, 0.1) is 0 Å². The maximum atomic E-state index is 13.1. The maximum absolute atomic E-state index is 13.1. The summed E-state index contributed by atoms with van der Waals surface area (Å²) in [5.74, 6) is -1.88. The number of amides is 4. The van der Waals surface area contributed by atoms with Crippen LogP contribution in [-0.2, 0) is 15.1 Å². The Morgan fingerprint density at radius 1 is 1.13 bits per heavy atom. The Labute approximate surface area is 184 Å². The molecule has 4 rings (SSSR count). The molecule has 31 heavy (non-hydrogen) atoms. The van der Waals surface area contributed by atoms with Crippen LogP contribution < -0.4 is 20.1 Å². The lowest BCUT2D eigenvalue weighted by atomic mass is 9.92. The third kappa shape index (κ3) is 3.84. The molecule has 2 N–H and O–H groups in total. The smallest absolute Gasteiger partial charge is 0.395 e. The summed E-state index contributed by atoms with van der Waals surface area (Å²) in [6, 6.07) is 7.31. The van der Waals surface area contributed by atoms with Gasteiger partial charge >= 0.3 is 12.3 Å². The van der Waals surface area contributed by atoms with Crippen molar-refractivity contribution in [2.45, 2.75) is 18.8 Å². The van der Waals surface area contributed by atoms with Crippen molar-refractivity contribution < 1.29 is 32.6 Å². The van der Waals surface area contributed by atoms with Gasteiger partial charge in [0.25, 0.3) is 5.91 Å².